The molecule has 0 radical (unpaired) electrons. The molecule has 0 spiro atoms. The van der Waals surface area contributed by atoms with Gasteiger partial charge in [0.15, 0.2) is 5.69 Å². The summed E-state index contributed by atoms with van der Waals surface area (Å²) >= 11 is 0. The van der Waals surface area contributed by atoms with E-state index in [-0.39, 0.29) is 24.3 Å². The third-order valence-electron chi connectivity index (χ3n) is 5.03. The van der Waals surface area contributed by atoms with E-state index >= 15 is 0 Å². The van der Waals surface area contributed by atoms with Crippen LogP contribution in [-0.2, 0) is 16.8 Å². The van der Waals surface area contributed by atoms with Gasteiger partial charge in [-0.05, 0) is 45.6 Å². The first-order chi connectivity index (χ1) is 13.1. The number of H-pyrrole nitrogens is 1. The van der Waals surface area contributed by atoms with Gasteiger partial charge in [0.1, 0.15) is 17.2 Å². The lowest BCUT2D eigenvalue weighted by Gasteiger charge is -2.39. The quantitative estimate of drug-likeness (QED) is 0.657. The van der Waals surface area contributed by atoms with Crippen molar-refractivity contribution in [2.75, 3.05) is 21.2 Å². The van der Waals surface area contributed by atoms with Crippen molar-refractivity contribution in [2.45, 2.75) is 32.0 Å². The molecule has 0 saturated carbocycles. The molecule has 28 heavy (non-hydrogen) atoms. The van der Waals surface area contributed by atoms with Gasteiger partial charge in [-0.15, -0.1) is 0 Å². The van der Waals surface area contributed by atoms with E-state index in [1.165, 1.54) is 31.4 Å². The number of nitrogens with zero attached hydrogens (tertiary/aromatic N) is 2. The number of rotatable bonds is 7. The molecule has 0 bridgehead atoms. The van der Waals surface area contributed by atoms with Crippen molar-refractivity contribution in [3.05, 3.63) is 57.5 Å². The third kappa shape index (κ3) is 4.20. The summed E-state index contributed by atoms with van der Waals surface area (Å²) in [6, 6.07) is 5.60. The van der Waals surface area contributed by atoms with E-state index in [0.717, 1.165) is 0 Å². The van der Waals surface area contributed by atoms with Crippen LogP contribution in [0.1, 0.15) is 35.7 Å². The number of benzene rings is 1. The number of carbonyl (C=O) groups excluding carboxylic acids is 1. The van der Waals surface area contributed by atoms with Gasteiger partial charge in [-0.3, -0.25) is 14.5 Å². The van der Waals surface area contributed by atoms with Gasteiger partial charge in [0, 0.05) is 13.7 Å². The van der Waals surface area contributed by atoms with Crippen molar-refractivity contribution < 1.29 is 19.0 Å². The summed E-state index contributed by atoms with van der Waals surface area (Å²) < 4.78 is 18.4. The number of aromatic hydroxyl groups is 1. The van der Waals surface area contributed by atoms with Crippen LogP contribution in [-0.4, -0.2) is 53.2 Å². The Hall–Kier alpha value is -2.78. The van der Waals surface area contributed by atoms with Gasteiger partial charge in [-0.1, -0.05) is 12.1 Å². The van der Waals surface area contributed by atoms with Crippen LogP contribution in [0.3, 0.4) is 0 Å². The van der Waals surface area contributed by atoms with Gasteiger partial charge < -0.3 is 20.1 Å². The van der Waals surface area contributed by atoms with Crippen molar-refractivity contribution in [3.63, 3.8) is 0 Å². The zero-order valence-electron chi connectivity index (χ0n) is 16.5. The van der Waals surface area contributed by atoms with Gasteiger partial charge in [0.25, 0.3) is 11.5 Å². The molecular weight excluding hydrogens is 367 g/mol. The van der Waals surface area contributed by atoms with E-state index < -0.39 is 28.4 Å². The highest BCUT2D eigenvalue weighted by atomic mass is 19.1. The van der Waals surface area contributed by atoms with Gasteiger partial charge in [0.05, 0.1) is 6.10 Å². The second-order valence-corrected chi connectivity index (χ2v) is 6.84. The van der Waals surface area contributed by atoms with Crippen LogP contribution >= 0.6 is 0 Å². The Kier molecular flexibility index (Phi) is 6.52. The van der Waals surface area contributed by atoms with Gasteiger partial charge in [-0.25, -0.2) is 9.37 Å². The Morgan fingerprint density at radius 2 is 2.00 bits per heavy atom. The Bertz CT molecular complexity index is 898. The first kappa shape index (κ1) is 21.5. The summed E-state index contributed by atoms with van der Waals surface area (Å²) in [5.74, 6) is -1.70. The highest BCUT2D eigenvalue weighted by Crippen LogP contribution is 2.29. The van der Waals surface area contributed by atoms with Crippen LogP contribution in [0.2, 0.25) is 0 Å². The monoisotopic (exact) mass is 392 g/mol. The number of aromatic amines is 1. The fourth-order valence-corrected chi connectivity index (χ4v) is 2.73. The second-order valence-electron chi connectivity index (χ2n) is 6.84. The van der Waals surface area contributed by atoms with Crippen LogP contribution in [0, 0.1) is 5.82 Å². The standard InChI is InChI=1S/C19H25FN4O4/c1-11(28-5)19(2,24(3)4)18-22-14(15(25)17(27)23-18)16(26)21-10-12-6-8-13(20)9-7-12/h6-9,11,25H,10H2,1-5H3,(H,21,26)(H,22,23,27). The van der Waals surface area contributed by atoms with Crippen molar-refractivity contribution in [1.29, 1.82) is 0 Å². The van der Waals surface area contributed by atoms with Crippen molar-refractivity contribution in [3.8, 4) is 5.75 Å². The van der Waals surface area contributed by atoms with Gasteiger partial charge in [0.2, 0.25) is 5.75 Å². The van der Waals surface area contributed by atoms with Crippen LogP contribution < -0.4 is 10.9 Å². The topological polar surface area (TPSA) is 108 Å². The Balaban J connectivity index is 2.37. The molecule has 2 atom stereocenters. The molecule has 3 N–H and O–H groups in total. The number of amides is 1. The van der Waals surface area contributed by atoms with Crippen LogP contribution in [0.15, 0.2) is 29.1 Å². The maximum Gasteiger partial charge on any atom is 0.293 e. The van der Waals surface area contributed by atoms with Crippen LogP contribution in [0.4, 0.5) is 4.39 Å². The van der Waals surface area contributed by atoms with E-state index in [4.69, 9.17) is 4.74 Å². The average molecular weight is 392 g/mol. The maximum atomic E-state index is 13.0. The smallest absolute Gasteiger partial charge is 0.293 e. The van der Waals surface area contributed by atoms with Gasteiger partial charge in [-0.2, -0.15) is 0 Å². The summed E-state index contributed by atoms with van der Waals surface area (Å²) in [5.41, 5.74) is -1.43. The molecule has 0 aliphatic carbocycles. The Labute approximate surface area is 162 Å². The number of hydrogen-bond acceptors (Lipinski definition) is 6. The SMILES string of the molecule is COC(C)C(C)(c1nc(C(=O)NCc2ccc(F)cc2)c(O)c(=O)[nH]1)N(C)C. The van der Waals surface area contributed by atoms with E-state index in [0.29, 0.717) is 5.56 Å². The summed E-state index contributed by atoms with van der Waals surface area (Å²) in [7, 11) is 5.11. The molecular formula is C19H25FN4O4. The minimum absolute atomic E-state index is 0.0851. The number of halogens is 1. The zero-order chi connectivity index (χ0) is 21.1. The Morgan fingerprint density at radius 3 is 2.54 bits per heavy atom. The molecule has 0 aliphatic heterocycles. The van der Waals surface area contributed by atoms with E-state index in [1.807, 2.05) is 0 Å². The van der Waals surface area contributed by atoms with Crippen molar-refractivity contribution in [1.82, 2.24) is 20.2 Å². The first-order valence-corrected chi connectivity index (χ1v) is 8.67. The summed E-state index contributed by atoms with van der Waals surface area (Å²) in [5, 5.41) is 12.6. The number of hydrogen-bond donors (Lipinski definition) is 3. The predicted molar refractivity (Wildman–Crippen MR) is 102 cm³/mol. The molecule has 152 valence electrons. The molecule has 1 amide bonds. The molecule has 2 rings (SSSR count). The highest BCUT2D eigenvalue weighted by Gasteiger charge is 2.39. The zero-order valence-corrected chi connectivity index (χ0v) is 16.5. The summed E-state index contributed by atoms with van der Waals surface area (Å²) in [6.07, 6.45) is -0.384. The molecule has 0 fully saturated rings. The third-order valence-corrected chi connectivity index (χ3v) is 5.03. The second kappa shape index (κ2) is 8.49. The van der Waals surface area contributed by atoms with Crippen molar-refractivity contribution >= 4 is 5.91 Å². The van der Waals surface area contributed by atoms with Crippen LogP contribution in [0.5, 0.6) is 5.75 Å². The fraction of sp³-hybridized carbons (Fsp3) is 0.421. The normalized spacial score (nSPS) is 14.5. The number of ether oxygens (including phenoxy) is 1. The molecule has 1 aromatic heterocycles. The molecule has 9 heteroatoms. The van der Waals surface area contributed by atoms with E-state index in [2.05, 4.69) is 15.3 Å². The number of aromatic nitrogens is 2. The lowest BCUT2D eigenvalue weighted by Crippen LogP contribution is -2.50. The molecule has 1 heterocycles. The molecule has 0 aliphatic rings. The summed E-state index contributed by atoms with van der Waals surface area (Å²) in [4.78, 5) is 33.3. The number of nitrogens with one attached hydrogen (secondary N) is 2. The average Bonchev–Trinajstić information content (AvgIpc) is 2.67. The molecule has 0 saturated heterocycles. The highest BCUT2D eigenvalue weighted by molar-refractivity contribution is 5.94. The molecule has 1 aromatic carbocycles. The molecule has 2 unspecified atom stereocenters. The molecule has 8 nitrogen and oxygen atoms in total. The minimum atomic E-state index is -0.867. The number of likely N-dealkylation sites (N-methyl/N-ethyl adjacent to an activating group) is 1. The number of carbonyl (C=O) groups is 1. The summed E-state index contributed by atoms with van der Waals surface area (Å²) in [6.45, 7) is 3.69. The largest absolute Gasteiger partial charge is 0.501 e. The maximum absolute atomic E-state index is 13.0. The van der Waals surface area contributed by atoms with E-state index in [9.17, 15) is 19.1 Å². The van der Waals surface area contributed by atoms with Crippen LogP contribution in [0.25, 0.3) is 0 Å². The van der Waals surface area contributed by atoms with Crippen molar-refractivity contribution in [2.24, 2.45) is 0 Å². The predicted octanol–water partition coefficient (Wildman–Crippen LogP) is 1.36. The van der Waals surface area contributed by atoms with Gasteiger partial charge >= 0.3 is 0 Å². The van der Waals surface area contributed by atoms with E-state index in [1.54, 1.807) is 32.8 Å². The lowest BCUT2D eigenvalue weighted by atomic mass is 9.92. The number of methoxy groups -OCH3 is 1. The molecule has 2 aromatic rings. The minimum Gasteiger partial charge on any atom is -0.501 e. The lowest BCUT2D eigenvalue weighted by molar-refractivity contribution is -0.0224. The first-order valence-electron chi connectivity index (χ1n) is 8.67. The Morgan fingerprint density at radius 1 is 1.39 bits per heavy atom. The fourth-order valence-electron chi connectivity index (χ4n) is 2.73.